The lowest BCUT2D eigenvalue weighted by Gasteiger charge is -2.15. The molecule has 2 aromatic rings. The molecule has 0 aliphatic carbocycles. The molecule has 1 aromatic carbocycles. The van der Waals surface area contributed by atoms with Crippen LogP contribution in [0.15, 0.2) is 34.7 Å². The highest BCUT2D eigenvalue weighted by Gasteiger charge is 2.10. The second-order valence-corrected chi connectivity index (χ2v) is 5.48. The van der Waals surface area contributed by atoms with Gasteiger partial charge in [-0.3, -0.25) is 0 Å². The van der Waals surface area contributed by atoms with Gasteiger partial charge in [-0.25, -0.2) is 4.79 Å². The van der Waals surface area contributed by atoms with Crippen molar-refractivity contribution in [3.63, 3.8) is 0 Å². The number of aryl methyl sites for hydroxylation is 2. The summed E-state index contributed by atoms with van der Waals surface area (Å²) in [6, 6.07) is 9.05. The van der Waals surface area contributed by atoms with Crippen molar-refractivity contribution >= 4 is 17.6 Å². The Hall–Kier alpha value is -1.94. The van der Waals surface area contributed by atoms with Crippen LogP contribution >= 0.6 is 11.6 Å². The molecule has 2 N–H and O–H groups in total. The standard InChI is InChI=1S/C16H19ClN2O2/c1-10-8-14(12(3)21-10)9-18-16(20)19-11(2)13-4-6-15(17)7-5-13/h4-8,11H,9H2,1-3H3,(H2,18,19,20). The lowest BCUT2D eigenvalue weighted by Crippen LogP contribution is -2.36. The maximum absolute atomic E-state index is 11.9. The molecule has 0 saturated carbocycles. The smallest absolute Gasteiger partial charge is 0.315 e. The minimum absolute atomic E-state index is 0.0885. The molecule has 1 aromatic heterocycles. The van der Waals surface area contributed by atoms with Crippen LogP contribution in [0.4, 0.5) is 4.79 Å². The van der Waals surface area contributed by atoms with E-state index in [0.717, 1.165) is 22.6 Å². The number of benzene rings is 1. The predicted octanol–water partition coefficient (Wildman–Crippen LogP) is 4.11. The average Bonchev–Trinajstić information content (AvgIpc) is 2.75. The lowest BCUT2D eigenvalue weighted by atomic mass is 10.1. The van der Waals surface area contributed by atoms with Crippen molar-refractivity contribution in [3.05, 3.63) is 58.0 Å². The second-order valence-electron chi connectivity index (χ2n) is 5.04. The van der Waals surface area contributed by atoms with Crippen LogP contribution in [-0.4, -0.2) is 6.03 Å². The van der Waals surface area contributed by atoms with E-state index < -0.39 is 0 Å². The van der Waals surface area contributed by atoms with Crippen LogP contribution in [0.2, 0.25) is 5.02 Å². The zero-order valence-corrected chi connectivity index (χ0v) is 13.1. The molecule has 0 aliphatic rings. The first kappa shape index (κ1) is 15.4. The number of nitrogens with one attached hydrogen (secondary N) is 2. The van der Waals surface area contributed by atoms with E-state index in [0.29, 0.717) is 11.6 Å². The Morgan fingerprint density at radius 3 is 2.52 bits per heavy atom. The molecule has 2 rings (SSSR count). The normalized spacial score (nSPS) is 12.0. The van der Waals surface area contributed by atoms with Crippen molar-refractivity contribution in [2.45, 2.75) is 33.4 Å². The Morgan fingerprint density at radius 2 is 1.95 bits per heavy atom. The molecule has 0 radical (unpaired) electrons. The summed E-state index contributed by atoms with van der Waals surface area (Å²) in [5, 5.41) is 6.40. The molecule has 5 heteroatoms. The first-order chi connectivity index (χ1) is 9.95. The van der Waals surface area contributed by atoms with Crippen molar-refractivity contribution < 1.29 is 9.21 Å². The molecule has 0 aliphatic heterocycles. The number of hydrogen-bond acceptors (Lipinski definition) is 2. The molecule has 0 saturated heterocycles. The van der Waals surface area contributed by atoms with Crippen LogP contribution < -0.4 is 10.6 Å². The number of rotatable bonds is 4. The lowest BCUT2D eigenvalue weighted by molar-refractivity contribution is 0.237. The topological polar surface area (TPSA) is 54.3 Å². The monoisotopic (exact) mass is 306 g/mol. The number of urea groups is 1. The summed E-state index contributed by atoms with van der Waals surface area (Å²) >= 11 is 5.85. The highest BCUT2D eigenvalue weighted by atomic mass is 35.5. The van der Waals surface area contributed by atoms with Crippen LogP contribution in [0.1, 0.15) is 35.6 Å². The van der Waals surface area contributed by atoms with E-state index in [2.05, 4.69) is 10.6 Å². The quantitative estimate of drug-likeness (QED) is 0.893. The first-order valence-electron chi connectivity index (χ1n) is 6.81. The number of halogens is 1. The average molecular weight is 307 g/mol. The molecule has 2 amide bonds. The second kappa shape index (κ2) is 6.68. The van der Waals surface area contributed by atoms with Crippen LogP contribution in [0.3, 0.4) is 0 Å². The van der Waals surface area contributed by atoms with E-state index in [-0.39, 0.29) is 12.1 Å². The van der Waals surface area contributed by atoms with Gasteiger partial charge in [-0.15, -0.1) is 0 Å². The van der Waals surface area contributed by atoms with Crippen LogP contribution in [-0.2, 0) is 6.54 Å². The zero-order valence-electron chi connectivity index (χ0n) is 12.4. The molecule has 4 nitrogen and oxygen atoms in total. The number of carbonyl (C=O) groups is 1. The Labute approximate surface area is 129 Å². The van der Waals surface area contributed by atoms with Crippen LogP contribution in [0.5, 0.6) is 0 Å². The number of furan rings is 1. The van der Waals surface area contributed by atoms with Crippen molar-refractivity contribution in [1.82, 2.24) is 10.6 Å². The van der Waals surface area contributed by atoms with Gasteiger partial charge in [-0.2, -0.15) is 0 Å². The van der Waals surface area contributed by atoms with Crippen molar-refractivity contribution in [2.75, 3.05) is 0 Å². The molecule has 21 heavy (non-hydrogen) atoms. The van der Waals surface area contributed by atoms with E-state index >= 15 is 0 Å². The molecule has 1 atom stereocenters. The Balaban J connectivity index is 1.86. The van der Waals surface area contributed by atoms with Crippen molar-refractivity contribution in [1.29, 1.82) is 0 Å². The van der Waals surface area contributed by atoms with E-state index in [1.54, 1.807) is 0 Å². The summed E-state index contributed by atoms with van der Waals surface area (Å²) in [7, 11) is 0. The largest absolute Gasteiger partial charge is 0.466 e. The summed E-state index contributed by atoms with van der Waals surface area (Å²) < 4.78 is 5.42. The number of hydrogen-bond donors (Lipinski definition) is 2. The summed E-state index contributed by atoms with van der Waals surface area (Å²) in [6.07, 6.45) is 0. The highest BCUT2D eigenvalue weighted by Crippen LogP contribution is 2.16. The molecule has 1 heterocycles. The first-order valence-corrected chi connectivity index (χ1v) is 7.19. The summed E-state index contributed by atoms with van der Waals surface area (Å²) in [5.74, 6) is 1.68. The number of carbonyl (C=O) groups excluding carboxylic acids is 1. The molecule has 0 spiro atoms. The third kappa shape index (κ3) is 4.26. The minimum atomic E-state index is -0.212. The molecular weight excluding hydrogens is 288 g/mol. The van der Waals surface area contributed by atoms with E-state index in [9.17, 15) is 4.79 Å². The Kier molecular flexibility index (Phi) is 4.91. The fraction of sp³-hybridized carbons (Fsp3) is 0.312. The van der Waals surface area contributed by atoms with Crippen LogP contribution in [0.25, 0.3) is 0 Å². The summed E-state index contributed by atoms with van der Waals surface area (Å²) in [4.78, 5) is 11.9. The Bertz CT molecular complexity index is 620. The summed E-state index contributed by atoms with van der Waals surface area (Å²) in [5.41, 5.74) is 1.99. The van der Waals surface area contributed by atoms with E-state index in [1.807, 2.05) is 51.1 Å². The maximum Gasteiger partial charge on any atom is 0.315 e. The highest BCUT2D eigenvalue weighted by molar-refractivity contribution is 6.30. The molecule has 1 unspecified atom stereocenters. The van der Waals surface area contributed by atoms with Gasteiger partial charge in [0, 0.05) is 17.1 Å². The third-order valence-electron chi connectivity index (χ3n) is 3.30. The van der Waals surface area contributed by atoms with Gasteiger partial charge < -0.3 is 15.1 Å². The maximum atomic E-state index is 11.9. The van der Waals surface area contributed by atoms with Gasteiger partial charge >= 0.3 is 6.03 Å². The van der Waals surface area contributed by atoms with E-state index in [1.165, 1.54) is 0 Å². The Morgan fingerprint density at radius 1 is 1.29 bits per heavy atom. The fourth-order valence-corrected chi connectivity index (χ4v) is 2.24. The van der Waals surface area contributed by atoms with Gasteiger partial charge in [0.05, 0.1) is 6.04 Å². The van der Waals surface area contributed by atoms with Gasteiger partial charge in [0.15, 0.2) is 0 Å². The van der Waals surface area contributed by atoms with Gasteiger partial charge in [0.1, 0.15) is 11.5 Å². The molecular formula is C16H19ClN2O2. The fourth-order valence-electron chi connectivity index (χ4n) is 2.12. The number of amides is 2. The molecule has 112 valence electrons. The van der Waals surface area contributed by atoms with Crippen molar-refractivity contribution in [3.8, 4) is 0 Å². The summed E-state index contributed by atoms with van der Waals surface area (Å²) in [6.45, 7) is 6.15. The third-order valence-corrected chi connectivity index (χ3v) is 3.55. The zero-order chi connectivity index (χ0) is 15.4. The van der Waals surface area contributed by atoms with E-state index in [4.69, 9.17) is 16.0 Å². The predicted molar refractivity (Wildman–Crippen MR) is 83.4 cm³/mol. The van der Waals surface area contributed by atoms with Crippen molar-refractivity contribution in [2.24, 2.45) is 0 Å². The SMILES string of the molecule is Cc1cc(CNC(=O)NC(C)c2ccc(Cl)cc2)c(C)o1. The minimum Gasteiger partial charge on any atom is -0.466 e. The van der Waals surface area contributed by atoms with Gasteiger partial charge in [-0.1, -0.05) is 23.7 Å². The van der Waals surface area contributed by atoms with Gasteiger partial charge in [0.2, 0.25) is 0 Å². The molecule has 0 fully saturated rings. The van der Waals surface area contributed by atoms with Crippen LogP contribution in [0, 0.1) is 13.8 Å². The van der Waals surface area contributed by atoms with Gasteiger partial charge in [-0.05, 0) is 44.5 Å². The molecule has 0 bridgehead atoms. The van der Waals surface area contributed by atoms with Gasteiger partial charge in [0.25, 0.3) is 0 Å².